The second-order valence-electron chi connectivity index (χ2n) is 5.54. The van der Waals surface area contributed by atoms with Gasteiger partial charge in [-0.2, -0.15) is 5.10 Å². The SMILES string of the molecule is CCc1nn(C)c(CN(CC(N)=O)C2CCNCC2)c1Br. The number of aryl methyl sites for hydroxylation is 2. The zero-order valence-electron chi connectivity index (χ0n) is 12.7. The molecule has 3 N–H and O–H groups in total. The van der Waals surface area contributed by atoms with E-state index in [1.54, 1.807) is 0 Å². The minimum Gasteiger partial charge on any atom is -0.369 e. The van der Waals surface area contributed by atoms with Crippen molar-refractivity contribution in [3.63, 3.8) is 0 Å². The highest BCUT2D eigenvalue weighted by molar-refractivity contribution is 9.10. The van der Waals surface area contributed by atoms with Gasteiger partial charge in [-0.15, -0.1) is 0 Å². The lowest BCUT2D eigenvalue weighted by molar-refractivity contribution is -0.120. The molecule has 1 aromatic heterocycles. The summed E-state index contributed by atoms with van der Waals surface area (Å²) in [6, 6.07) is 0.394. The van der Waals surface area contributed by atoms with Gasteiger partial charge in [0.05, 0.1) is 22.4 Å². The Morgan fingerprint density at radius 3 is 2.71 bits per heavy atom. The van der Waals surface area contributed by atoms with Crippen molar-refractivity contribution in [3.05, 3.63) is 15.9 Å². The highest BCUT2D eigenvalue weighted by Gasteiger charge is 2.25. The van der Waals surface area contributed by atoms with Crippen LogP contribution in [0.4, 0.5) is 0 Å². The fourth-order valence-corrected chi connectivity index (χ4v) is 3.61. The molecule has 0 bridgehead atoms. The monoisotopic (exact) mass is 357 g/mol. The Labute approximate surface area is 134 Å². The summed E-state index contributed by atoms with van der Waals surface area (Å²) in [7, 11) is 1.95. The van der Waals surface area contributed by atoms with Gasteiger partial charge in [0.25, 0.3) is 0 Å². The number of carbonyl (C=O) groups excluding carboxylic acids is 1. The summed E-state index contributed by atoms with van der Waals surface area (Å²) in [5, 5.41) is 7.87. The molecule has 0 radical (unpaired) electrons. The number of halogens is 1. The van der Waals surface area contributed by atoms with Crippen LogP contribution in [-0.2, 0) is 24.8 Å². The Morgan fingerprint density at radius 2 is 2.19 bits per heavy atom. The van der Waals surface area contributed by atoms with E-state index in [9.17, 15) is 4.79 Å². The average molecular weight is 358 g/mol. The van der Waals surface area contributed by atoms with Gasteiger partial charge < -0.3 is 11.1 Å². The van der Waals surface area contributed by atoms with Crippen LogP contribution >= 0.6 is 15.9 Å². The summed E-state index contributed by atoms with van der Waals surface area (Å²) >= 11 is 3.64. The number of carbonyl (C=O) groups is 1. The Hall–Kier alpha value is -0.920. The minimum absolute atomic E-state index is 0.275. The van der Waals surface area contributed by atoms with Gasteiger partial charge >= 0.3 is 0 Å². The number of rotatable bonds is 6. The first-order chi connectivity index (χ1) is 10.0. The topological polar surface area (TPSA) is 76.2 Å². The smallest absolute Gasteiger partial charge is 0.231 e. The standard InChI is InChI=1S/C14H24BrN5O/c1-3-11-14(15)12(19(2)18-11)8-20(9-13(16)21)10-4-6-17-7-5-10/h10,17H,3-9H2,1-2H3,(H2,16,21). The zero-order chi connectivity index (χ0) is 15.4. The van der Waals surface area contributed by atoms with Gasteiger partial charge in [-0.1, -0.05) is 6.92 Å². The van der Waals surface area contributed by atoms with Crippen LogP contribution in [0.15, 0.2) is 4.47 Å². The summed E-state index contributed by atoms with van der Waals surface area (Å²) in [6.07, 6.45) is 2.98. The van der Waals surface area contributed by atoms with Crippen LogP contribution in [0.5, 0.6) is 0 Å². The van der Waals surface area contributed by atoms with Gasteiger partial charge in [-0.3, -0.25) is 14.4 Å². The average Bonchev–Trinajstić information content (AvgIpc) is 2.74. The highest BCUT2D eigenvalue weighted by atomic mass is 79.9. The number of aromatic nitrogens is 2. The first-order valence-corrected chi connectivity index (χ1v) is 8.25. The van der Waals surface area contributed by atoms with E-state index >= 15 is 0 Å². The Kier molecular flexibility index (Phi) is 5.78. The number of hydrogen-bond donors (Lipinski definition) is 2. The van der Waals surface area contributed by atoms with Gasteiger partial charge in [0.2, 0.25) is 5.91 Å². The van der Waals surface area contributed by atoms with Crippen molar-refractivity contribution in [1.82, 2.24) is 20.0 Å². The molecule has 1 aliphatic rings. The second-order valence-corrected chi connectivity index (χ2v) is 6.33. The predicted octanol–water partition coefficient (Wildman–Crippen LogP) is 0.784. The van der Waals surface area contributed by atoms with E-state index in [-0.39, 0.29) is 5.91 Å². The molecule has 1 aromatic rings. The molecule has 1 saturated heterocycles. The number of nitrogens with one attached hydrogen (secondary N) is 1. The Bertz CT molecular complexity index is 496. The fourth-order valence-electron chi connectivity index (χ4n) is 2.87. The van der Waals surface area contributed by atoms with Crippen LogP contribution in [0.1, 0.15) is 31.2 Å². The van der Waals surface area contributed by atoms with Crippen LogP contribution in [0, 0.1) is 0 Å². The first-order valence-electron chi connectivity index (χ1n) is 7.46. The molecular weight excluding hydrogens is 334 g/mol. The molecule has 1 aliphatic heterocycles. The fraction of sp³-hybridized carbons (Fsp3) is 0.714. The van der Waals surface area contributed by atoms with Gasteiger partial charge in [0.1, 0.15) is 0 Å². The number of hydrogen-bond acceptors (Lipinski definition) is 4. The molecule has 1 amide bonds. The summed E-state index contributed by atoms with van der Waals surface area (Å²) in [5.41, 5.74) is 7.59. The normalized spacial score (nSPS) is 16.6. The molecule has 21 heavy (non-hydrogen) atoms. The van der Waals surface area contributed by atoms with Crippen LogP contribution in [0.25, 0.3) is 0 Å². The van der Waals surface area contributed by atoms with Crippen molar-refractivity contribution in [3.8, 4) is 0 Å². The molecule has 118 valence electrons. The molecule has 2 heterocycles. The van der Waals surface area contributed by atoms with E-state index in [0.29, 0.717) is 19.1 Å². The maximum atomic E-state index is 11.4. The second kappa shape index (κ2) is 7.38. The van der Waals surface area contributed by atoms with E-state index in [0.717, 1.165) is 48.2 Å². The van der Waals surface area contributed by atoms with Crippen molar-refractivity contribution in [2.24, 2.45) is 12.8 Å². The lowest BCUT2D eigenvalue weighted by Gasteiger charge is -2.33. The number of nitrogens with two attached hydrogens (primary N) is 1. The van der Waals surface area contributed by atoms with E-state index in [1.807, 2.05) is 11.7 Å². The number of nitrogens with zero attached hydrogens (tertiary/aromatic N) is 3. The van der Waals surface area contributed by atoms with Crippen molar-refractivity contribution in [1.29, 1.82) is 0 Å². The zero-order valence-corrected chi connectivity index (χ0v) is 14.3. The summed E-state index contributed by atoms with van der Waals surface area (Å²) < 4.78 is 2.95. The molecule has 0 atom stereocenters. The molecule has 1 fully saturated rings. The molecule has 0 saturated carbocycles. The largest absolute Gasteiger partial charge is 0.369 e. The molecule has 6 nitrogen and oxygen atoms in total. The third kappa shape index (κ3) is 4.05. The van der Waals surface area contributed by atoms with Crippen molar-refractivity contribution in [2.75, 3.05) is 19.6 Å². The van der Waals surface area contributed by atoms with Crippen LogP contribution in [0.2, 0.25) is 0 Å². The molecule has 0 aliphatic carbocycles. The lowest BCUT2D eigenvalue weighted by Crippen LogP contribution is -2.46. The quantitative estimate of drug-likeness (QED) is 0.788. The molecule has 2 rings (SSSR count). The highest BCUT2D eigenvalue weighted by Crippen LogP contribution is 2.24. The molecule has 0 aromatic carbocycles. The van der Waals surface area contributed by atoms with Gasteiger partial charge in [0, 0.05) is 19.6 Å². The molecule has 7 heteroatoms. The molecular formula is C14H24BrN5O. The Balaban J connectivity index is 2.17. The first kappa shape index (κ1) is 16.5. The van der Waals surface area contributed by atoms with Crippen LogP contribution < -0.4 is 11.1 Å². The predicted molar refractivity (Wildman–Crippen MR) is 85.8 cm³/mol. The lowest BCUT2D eigenvalue weighted by atomic mass is 10.0. The summed E-state index contributed by atoms with van der Waals surface area (Å²) in [5.74, 6) is -0.275. The molecule has 0 unspecified atom stereocenters. The van der Waals surface area contributed by atoms with Gasteiger partial charge in [0.15, 0.2) is 0 Å². The van der Waals surface area contributed by atoms with E-state index in [4.69, 9.17) is 5.73 Å². The molecule has 0 spiro atoms. The maximum Gasteiger partial charge on any atom is 0.231 e. The third-order valence-corrected chi connectivity index (χ3v) is 4.96. The van der Waals surface area contributed by atoms with Crippen LogP contribution in [-0.4, -0.2) is 46.3 Å². The van der Waals surface area contributed by atoms with Crippen molar-refractivity contribution < 1.29 is 4.79 Å². The van der Waals surface area contributed by atoms with Crippen molar-refractivity contribution in [2.45, 2.75) is 38.8 Å². The van der Waals surface area contributed by atoms with Gasteiger partial charge in [-0.05, 0) is 48.3 Å². The number of amides is 1. The number of piperidine rings is 1. The minimum atomic E-state index is -0.275. The van der Waals surface area contributed by atoms with E-state index in [1.165, 1.54) is 0 Å². The number of primary amides is 1. The summed E-state index contributed by atoms with van der Waals surface area (Å²) in [4.78, 5) is 13.6. The van der Waals surface area contributed by atoms with Crippen molar-refractivity contribution >= 4 is 21.8 Å². The van der Waals surface area contributed by atoms with Gasteiger partial charge in [-0.25, -0.2) is 0 Å². The van der Waals surface area contributed by atoms with E-state index < -0.39 is 0 Å². The maximum absolute atomic E-state index is 11.4. The van der Waals surface area contributed by atoms with E-state index in [2.05, 4.69) is 38.2 Å². The Morgan fingerprint density at radius 1 is 1.52 bits per heavy atom. The summed E-state index contributed by atoms with van der Waals surface area (Å²) in [6.45, 7) is 5.06. The van der Waals surface area contributed by atoms with Crippen LogP contribution in [0.3, 0.4) is 0 Å². The third-order valence-electron chi connectivity index (χ3n) is 4.04.